The average Bonchev–Trinajstić information content (AvgIpc) is 2.98. The minimum absolute atomic E-state index is 0.0174. The van der Waals surface area contributed by atoms with Crippen molar-refractivity contribution in [2.45, 2.75) is 24.4 Å². The van der Waals surface area contributed by atoms with Gasteiger partial charge in [-0.15, -0.1) is 0 Å². The first-order valence-electron chi connectivity index (χ1n) is 7.04. The number of likely N-dealkylation sites (N-methyl/N-ethyl adjacent to an activating group) is 1. The third-order valence-corrected chi connectivity index (χ3v) is 5.31. The number of hydrogen-bond donors (Lipinski definition) is 3. The summed E-state index contributed by atoms with van der Waals surface area (Å²) in [5.41, 5.74) is 1.74. The number of nitrogens with two attached hydrogens (primary N) is 1. The van der Waals surface area contributed by atoms with Crippen LogP contribution in [0, 0.1) is 0 Å². The summed E-state index contributed by atoms with van der Waals surface area (Å²) < 4.78 is 22.4. The summed E-state index contributed by atoms with van der Waals surface area (Å²) in [4.78, 5) is 13.4. The summed E-state index contributed by atoms with van der Waals surface area (Å²) in [5, 5.41) is 11.9. The zero-order chi connectivity index (χ0) is 17.0. The molecule has 0 aliphatic heterocycles. The fraction of sp³-hybridized carbons (Fsp3) is 0.267. The van der Waals surface area contributed by atoms with Crippen LogP contribution in [0.5, 0.6) is 0 Å². The molecule has 0 radical (unpaired) electrons. The van der Waals surface area contributed by atoms with E-state index in [0.717, 1.165) is 11.4 Å². The maximum Gasteiger partial charge on any atom is 0.282 e. The van der Waals surface area contributed by atoms with Crippen molar-refractivity contribution in [1.29, 1.82) is 0 Å². The summed E-state index contributed by atoms with van der Waals surface area (Å²) in [6.07, 6.45) is 0. The summed E-state index contributed by atoms with van der Waals surface area (Å²) >= 11 is 1.63. The predicted octanol–water partition coefficient (Wildman–Crippen LogP) is 0.437. The first-order valence-corrected chi connectivity index (χ1v) is 9.53. The molecule has 0 aliphatic carbocycles. The molecule has 6 nitrogen and oxygen atoms in total. The second kappa shape index (κ2) is 7.22. The molecule has 0 aliphatic rings. The number of carbonyl (C=O) groups is 1. The molecule has 0 bridgehead atoms. The van der Waals surface area contributed by atoms with Crippen molar-refractivity contribution in [3.05, 3.63) is 46.7 Å². The number of hydrogen-bond acceptors (Lipinski definition) is 4. The van der Waals surface area contributed by atoms with Gasteiger partial charge in [-0.1, -0.05) is 0 Å². The third-order valence-electron chi connectivity index (χ3n) is 3.65. The lowest BCUT2D eigenvalue weighted by atomic mass is 10.2. The summed E-state index contributed by atoms with van der Waals surface area (Å²) in [7, 11) is -1.76. The van der Waals surface area contributed by atoms with Gasteiger partial charge in [0.1, 0.15) is 6.54 Å². The first-order chi connectivity index (χ1) is 10.8. The molecule has 124 valence electrons. The number of primary sulfonamides is 1. The molecule has 1 amide bonds. The van der Waals surface area contributed by atoms with Gasteiger partial charge in [-0.05, 0) is 48.0 Å². The van der Waals surface area contributed by atoms with Crippen molar-refractivity contribution >= 4 is 33.0 Å². The monoisotopic (exact) mass is 354 g/mol. The van der Waals surface area contributed by atoms with Crippen LogP contribution in [-0.2, 0) is 21.4 Å². The second-order valence-electron chi connectivity index (χ2n) is 5.44. The molecule has 2 aromatic rings. The Morgan fingerprint density at radius 3 is 2.48 bits per heavy atom. The second-order valence-corrected chi connectivity index (χ2v) is 7.78. The van der Waals surface area contributed by atoms with Crippen molar-refractivity contribution in [1.82, 2.24) is 0 Å². The van der Waals surface area contributed by atoms with Gasteiger partial charge >= 0.3 is 0 Å². The van der Waals surface area contributed by atoms with Gasteiger partial charge in [0, 0.05) is 11.3 Å². The molecule has 1 unspecified atom stereocenters. The SMILES string of the molecule is C[C@@H](C(=O)Nc1ccc(S(N)(=O)=O)cc1)[NH+](C)Cc1ccsc1. The van der Waals surface area contributed by atoms with E-state index in [9.17, 15) is 13.2 Å². The molecule has 0 fully saturated rings. The molecule has 1 aromatic carbocycles. The molecule has 1 heterocycles. The van der Waals surface area contributed by atoms with E-state index in [2.05, 4.69) is 10.7 Å². The van der Waals surface area contributed by atoms with Crippen LogP contribution in [0.2, 0.25) is 0 Å². The van der Waals surface area contributed by atoms with Crippen LogP contribution in [0.4, 0.5) is 5.69 Å². The Kier molecular flexibility index (Phi) is 5.53. The number of nitrogens with one attached hydrogen (secondary N) is 2. The van der Waals surface area contributed by atoms with Crippen LogP contribution >= 0.6 is 11.3 Å². The molecule has 23 heavy (non-hydrogen) atoms. The topological polar surface area (TPSA) is 93.7 Å². The number of sulfonamides is 1. The Morgan fingerprint density at radius 2 is 1.96 bits per heavy atom. The highest BCUT2D eigenvalue weighted by molar-refractivity contribution is 7.89. The zero-order valence-corrected chi connectivity index (χ0v) is 14.6. The highest BCUT2D eigenvalue weighted by atomic mass is 32.2. The molecule has 0 saturated heterocycles. The van der Waals surface area contributed by atoms with Gasteiger partial charge < -0.3 is 10.2 Å². The van der Waals surface area contributed by atoms with E-state index in [1.807, 2.05) is 25.4 Å². The molecule has 2 atom stereocenters. The van der Waals surface area contributed by atoms with E-state index in [4.69, 9.17) is 5.14 Å². The van der Waals surface area contributed by atoms with E-state index < -0.39 is 10.0 Å². The van der Waals surface area contributed by atoms with Crippen LogP contribution in [0.15, 0.2) is 46.0 Å². The summed E-state index contributed by atoms with van der Waals surface area (Å²) in [6.45, 7) is 2.62. The zero-order valence-electron chi connectivity index (χ0n) is 12.9. The minimum atomic E-state index is -3.72. The van der Waals surface area contributed by atoms with E-state index in [1.54, 1.807) is 11.3 Å². The Hall–Kier alpha value is -1.74. The number of quaternary nitrogens is 1. The third kappa shape index (κ3) is 4.87. The lowest BCUT2D eigenvalue weighted by Crippen LogP contribution is -3.12. The van der Waals surface area contributed by atoms with Crippen molar-refractivity contribution < 1.29 is 18.1 Å². The molecule has 8 heteroatoms. The van der Waals surface area contributed by atoms with Gasteiger partial charge in [0.25, 0.3) is 5.91 Å². The number of amides is 1. The number of rotatable bonds is 6. The summed E-state index contributed by atoms with van der Waals surface area (Å²) in [6, 6.07) is 7.60. The van der Waals surface area contributed by atoms with Crippen molar-refractivity contribution in [2.24, 2.45) is 5.14 Å². The number of benzene rings is 1. The Balaban J connectivity index is 1.97. The maximum absolute atomic E-state index is 12.3. The van der Waals surface area contributed by atoms with Crippen LogP contribution in [0.25, 0.3) is 0 Å². The number of thiophene rings is 1. The van der Waals surface area contributed by atoms with Crippen molar-refractivity contribution in [3.8, 4) is 0 Å². The lowest BCUT2D eigenvalue weighted by molar-refractivity contribution is -0.907. The van der Waals surface area contributed by atoms with Gasteiger partial charge in [0.15, 0.2) is 6.04 Å². The van der Waals surface area contributed by atoms with E-state index >= 15 is 0 Å². The van der Waals surface area contributed by atoms with E-state index in [1.165, 1.54) is 29.8 Å². The fourth-order valence-corrected chi connectivity index (χ4v) is 3.25. The smallest absolute Gasteiger partial charge is 0.282 e. The quantitative estimate of drug-likeness (QED) is 0.702. The summed E-state index contributed by atoms with van der Waals surface area (Å²) in [5.74, 6) is -0.124. The Labute approximate surface area is 140 Å². The van der Waals surface area contributed by atoms with Crippen LogP contribution in [0.1, 0.15) is 12.5 Å². The predicted molar refractivity (Wildman–Crippen MR) is 90.8 cm³/mol. The van der Waals surface area contributed by atoms with Crippen LogP contribution in [-0.4, -0.2) is 27.4 Å². The van der Waals surface area contributed by atoms with E-state index in [0.29, 0.717) is 5.69 Å². The minimum Gasteiger partial charge on any atom is -0.324 e. The highest BCUT2D eigenvalue weighted by Crippen LogP contribution is 2.12. The fourth-order valence-electron chi connectivity index (χ4n) is 2.07. The van der Waals surface area contributed by atoms with Crippen LogP contribution < -0.4 is 15.4 Å². The van der Waals surface area contributed by atoms with Gasteiger partial charge in [0.2, 0.25) is 10.0 Å². The van der Waals surface area contributed by atoms with Crippen molar-refractivity contribution in [2.75, 3.05) is 12.4 Å². The lowest BCUT2D eigenvalue weighted by Gasteiger charge is -2.20. The molecular formula is C15H20N3O3S2+. The first kappa shape index (κ1) is 17.6. The molecule has 2 rings (SSSR count). The van der Waals surface area contributed by atoms with Gasteiger partial charge in [-0.2, -0.15) is 11.3 Å². The van der Waals surface area contributed by atoms with Crippen molar-refractivity contribution in [3.63, 3.8) is 0 Å². The largest absolute Gasteiger partial charge is 0.324 e. The van der Waals surface area contributed by atoms with Crippen LogP contribution in [0.3, 0.4) is 0 Å². The standard InChI is InChI=1S/C15H19N3O3S2/c1-11(18(2)9-12-7-8-22-10-12)15(19)17-13-3-5-14(6-4-13)23(16,20)21/h3-8,10-11H,9H2,1-2H3,(H,17,19)(H2,16,20,21)/p+1/t11-/m0/s1. The molecule has 0 saturated carbocycles. The molecule has 0 spiro atoms. The normalized spacial score (nSPS) is 14.2. The number of anilines is 1. The van der Waals surface area contributed by atoms with Gasteiger partial charge in [0.05, 0.1) is 11.9 Å². The maximum atomic E-state index is 12.3. The van der Waals surface area contributed by atoms with Gasteiger partial charge in [-0.3, -0.25) is 4.79 Å². The molecule has 4 N–H and O–H groups in total. The highest BCUT2D eigenvalue weighted by Gasteiger charge is 2.22. The Bertz CT molecular complexity index is 756. The van der Waals surface area contributed by atoms with Gasteiger partial charge in [-0.25, -0.2) is 13.6 Å². The molecule has 1 aromatic heterocycles. The Morgan fingerprint density at radius 1 is 1.30 bits per heavy atom. The van der Waals surface area contributed by atoms with E-state index in [-0.39, 0.29) is 16.8 Å². The molecular weight excluding hydrogens is 334 g/mol. The number of carbonyl (C=O) groups excluding carboxylic acids is 1. The average molecular weight is 354 g/mol.